The SMILES string of the molecule is C1#Cc2ccccc2-c2c(nnn2Cc2ccccc2)-c2ccccc21.C1#Cc2ccccc2C#Cc2ccccc21.C1=Cc2ccccc2/C=C\c2ccccc21.CC(=O)CCN.CCCCC(C)=O.CI.[N-]=[N+]=NCc1ccccc1. The fourth-order valence-electron chi connectivity index (χ4n) is 8.35. The normalized spacial score (nSPS) is 10.8. The van der Waals surface area contributed by atoms with Crippen molar-refractivity contribution in [2.75, 3.05) is 11.5 Å². The standard InChI is InChI=1S/C23H15N3.C16H12.C16H8.C7H7N3.C6H12O.C4H9NO.CH3I/c1-2-8-17(9-3-1)16-26-23-21-13-7-5-11-19(21)15-14-18-10-4-6-12-20(18)22(23)24-25-26;2*1-2-6-14-11-12-16-8-4-3-7-15(16)10-9-13(14)5-1;8-10-9-6-7-4-2-1-3-5-7;1-3-4-5-6(2)7;1-4(6)2-3-5;1-2/h1-13H,16H2;1-12H;1-8H;1-5H,6H2;3-5H2,1-2H3;2-3,5H2,1H3;1H3/b;10-9-,12-11?,13-9?,14-11?,15-10?,16-12?;;;;;. The van der Waals surface area contributed by atoms with E-state index in [9.17, 15) is 9.59 Å². The Balaban J connectivity index is 0.000000171. The Hall–Kier alpha value is -9.60. The number of nitrogens with zero attached hydrogens (tertiary/aromatic N) is 6. The van der Waals surface area contributed by atoms with Crippen molar-refractivity contribution < 1.29 is 9.59 Å². The molecule has 3 aliphatic carbocycles. The number of carbonyl (C=O) groups excluding carboxylic acids is 2. The van der Waals surface area contributed by atoms with Gasteiger partial charge in [0.2, 0.25) is 0 Å². The molecule has 12 rings (SSSR count). The molecule has 0 spiro atoms. The smallest absolute Gasteiger partial charge is 0.131 e. The predicted molar refractivity (Wildman–Crippen MR) is 352 cm³/mol. The van der Waals surface area contributed by atoms with Crippen LogP contribution in [0.25, 0.3) is 57.3 Å². The number of aromatic nitrogens is 3. The van der Waals surface area contributed by atoms with Crippen molar-refractivity contribution in [2.45, 2.75) is 59.5 Å². The van der Waals surface area contributed by atoms with Gasteiger partial charge in [-0.05, 0) is 107 Å². The molecule has 0 saturated heterocycles. The molecule has 0 saturated carbocycles. The van der Waals surface area contributed by atoms with Crippen LogP contribution in [-0.2, 0) is 22.7 Å². The van der Waals surface area contributed by atoms with E-state index in [0.717, 1.165) is 80.7 Å². The molecule has 0 radical (unpaired) electrons. The predicted octanol–water partition coefficient (Wildman–Crippen LogP) is 16.8. The summed E-state index contributed by atoms with van der Waals surface area (Å²) >= 11 is 2.15. The Kier molecular flexibility index (Phi) is 26.5. The van der Waals surface area contributed by atoms with Crippen molar-refractivity contribution in [1.29, 1.82) is 0 Å². The first kappa shape index (κ1) is 62.6. The van der Waals surface area contributed by atoms with Gasteiger partial charge < -0.3 is 10.5 Å². The fraction of sp³-hybridized carbons (Fsp3) is 0.151. The minimum Gasteiger partial charge on any atom is -0.330 e. The minimum absolute atomic E-state index is 0.164. The maximum Gasteiger partial charge on any atom is 0.131 e. The molecule has 1 heterocycles. The van der Waals surface area contributed by atoms with Gasteiger partial charge in [0, 0.05) is 62.3 Å². The van der Waals surface area contributed by atoms with Crippen molar-refractivity contribution >= 4 is 58.5 Å². The molecule has 3 aliphatic rings. The summed E-state index contributed by atoms with van der Waals surface area (Å²) in [4.78, 5) is 24.8. The number of hydrogen-bond donors (Lipinski definition) is 1. The van der Waals surface area contributed by atoms with E-state index in [1.807, 2.05) is 137 Å². The molecule has 0 bridgehead atoms. The Bertz CT molecular complexity index is 3660. The zero-order valence-electron chi connectivity index (χ0n) is 47.3. The summed E-state index contributed by atoms with van der Waals surface area (Å²) in [6, 6.07) is 69.1. The van der Waals surface area contributed by atoms with E-state index in [-0.39, 0.29) is 5.78 Å². The molecule has 8 aromatic carbocycles. The number of Topliss-reactive ketones (excluding diaryl/α,β-unsaturated/α-hetero) is 2. The summed E-state index contributed by atoms with van der Waals surface area (Å²) in [6.45, 7) is 6.85. The van der Waals surface area contributed by atoms with E-state index in [4.69, 9.17) is 11.3 Å². The van der Waals surface area contributed by atoms with E-state index in [0.29, 0.717) is 31.8 Å². The summed E-state index contributed by atoms with van der Waals surface area (Å²) < 4.78 is 1.98. The molecule has 1 aromatic heterocycles. The van der Waals surface area contributed by atoms with Crippen molar-refractivity contribution in [3.63, 3.8) is 0 Å². The van der Waals surface area contributed by atoms with E-state index < -0.39 is 0 Å². The number of benzene rings is 8. The van der Waals surface area contributed by atoms with Gasteiger partial charge in [0.25, 0.3) is 0 Å². The van der Waals surface area contributed by atoms with Gasteiger partial charge in [-0.2, -0.15) is 0 Å². The number of fused-ring (bicyclic) bond motifs is 9. The Morgan fingerprint density at radius 3 is 1.25 bits per heavy atom. The van der Waals surface area contributed by atoms with Crippen LogP contribution >= 0.6 is 22.6 Å². The number of azide groups is 1. The van der Waals surface area contributed by atoms with Crippen LogP contribution in [0.3, 0.4) is 0 Å². The van der Waals surface area contributed by atoms with Crippen molar-refractivity contribution in [3.05, 3.63) is 283 Å². The maximum absolute atomic E-state index is 10.2. The third-order valence-corrected chi connectivity index (χ3v) is 12.5. The lowest BCUT2D eigenvalue weighted by molar-refractivity contribution is -0.117. The number of alkyl halides is 1. The van der Waals surface area contributed by atoms with Crippen molar-refractivity contribution in [1.82, 2.24) is 15.0 Å². The second-order valence-electron chi connectivity index (χ2n) is 18.7. The molecule has 10 heteroatoms. The lowest BCUT2D eigenvalue weighted by Gasteiger charge is -2.13. The highest BCUT2D eigenvalue weighted by atomic mass is 127. The Morgan fingerprint density at radius 1 is 0.506 bits per heavy atom. The molecule has 83 heavy (non-hydrogen) atoms. The largest absolute Gasteiger partial charge is 0.330 e. The minimum atomic E-state index is 0.164. The first-order chi connectivity index (χ1) is 40.7. The number of hydrogen-bond acceptors (Lipinski definition) is 6. The highest BCUT2D eigenvalue weighted by Crippen LogP contribution is 2.35. The molecule has 0 aliphatic heterocycles. The van der Waals surface area contributed by atoms with Gasteiger partial charge in [0.05, 0.1) is 18.8 Å². The molecule has 0 unspecified atom stereocenters. The molecule has 412 valence electrons. The molecular weight excluding hydrogens is 1130 g/mol. The van der Waals surface area contributed by atoms with E-state index >= 15 is 0 Å². The number of unbranched alkanes of at least 4 members (excludes halogenated alkanes) is 1. The first-order valence-electron chi connectivity index (χ1n) is 27.3. The van der Waals surface area contributed by atoms with Gasteiger partial charge in [0.15, 0.2) is 0 Å². The van der Waals surface area contributed by atoms with Crippen LogP contribution in [-0.4, -0.2) is 38.0 Å². The topological polar surface area (TPSA) is 140 Å². The zero-order chi connectivity index (χ0) is 58.9. The van der Waals surface area contributed by atoms with Crippen LogP contribution in [0.2, 0.25) is 0 Å². The van der Waals surface area contributed by atoms with Crippen molar-refractivity contribution in [3.8, 4) is 58.0 Å². The maximum atomic E-state index is 10.2. The summed E-state index contributed by atoms with van der Waals surface area (Å²) in [6.07, 6.45) is 12.2. The number of rotatable bonds is 9. The molecule has 9 nitrogen and oxygen atoms in total. The van der Waals surface area contributed by atoms with Gasteiger partial charge in [-0.1, -0.05) is 276 Å². The van der Waals surface area contributed by atoms with Crippen LogP contribution in [0, 0.1) is 35.5 Å². The highest BCUT2D eigenvalue weighted by molar-refractivity contribution is 14.1. The molecule has 0 atom stereocenters. The monoisotopic (exact) mass is 1200 g/mol. The first-order valence-corrected chi connectivity index (χ1v) is 29.5. The second-order valence-corrected chi connectivity index (χ2v) is 18.7. The van der Waals surface area contributed by atoms with Crippen molar-refractivity contribution in [2.24, 2.45) is 10.8 Å². The number of nitrogens with two attached hydrogens (primary N) is 1. The Morgan fingerprint density at radius 2 is 0.867 bits per heavy atom. The van der Waals surface area contributed by atoms with E-state index in [2.05, 4.69) is 189 Å². The molecule has 2 N–H and O–H groups in total. The van der Waals surface area contributed by atoms with Gasteiger partial charge in [-0.3, -0.25) is 4.79 Å². The average Bonchev–Trinajstić information content (AvgIpc) is 3.60. The van der Waals surface area contributed by atoms with Gasteiger partial charge in [0.1, 0.15) is 17.3 Å². The van der Waals surface area contributed by atoms with E-state index in [1.165, 1.54) is 34.7 Å². The summed E-state index contributed by atoms with van der Waals surface area (Å²) in [5, 5.41) is 12.4. The quantitative estimate of drug-likeness (QED) is 0.0383. The number of halogens is 1. The summed E-state index contributed by atoms with van der Waals surface area (Å²) in [7, 11) is 0. The van der Waals surface area contributed by atoms with Crippen LogP contribution in [0.1, 0.15) is 113 Å². The highest BCUT2D eigenvalue weighted by Gasteiger charge is 2.22. The zero-order valence-corrected chi connectivity index (χ0v) is 49.5. The molecule has 0 amide bonds. The summed E-state index contributed by atoms with van der Waals surface area (Å²) in [5.74, 6) is 19.8. The van der Waals surface area contributed by atoms with Crippen LogP contribution in [0.4, 0.5) is 0 Å². The third kappa shape index (κ3) is 20.2. The Labute approximate surface area is 503 Å². The molecule has 9 aromatic rings. The average molecular weight is 1200 g/mol. The molecular formula is C73H66IN7O2. The fourth-order valence-corrected chi connectivity index (χ4v) is 8.35. The van der Waals surface area contributed by atoms with Gasteiger partial charge >= 0.3 is 0 Å². The summed E-state index contributed by atoms with van der Waals surface area (Å²) in [5.41, 5.74) is 30.3. The van der Waals surface area contributed by atoms with Crippen LogP contribution < -0.4 is 5.73 Å². The lowest BCUT2D eigenvalue weighted by atomic mass is 9.95. The van der Waals surface area contributed by atoms with Gasteiger partial charge in [-0.25, -0.2) is 4.68 Å². The third-order valence-electron chi connectivity index (χ3n) is 12.5. The second kappa shape index (κ2) is 35.2. The molecule has 0 fully saturated rings. The van der Waals surface area contributed by atoms with Gasteiger partial charge in [-0.15, -0.1) is 5.10 Å². The lowest BCUT2D eigenvalue weighted by Crippen LogP contribution is -2.05. The number of ketones is 2. The number of carbonyl (C=O) groups is 2. The van der Waals surface area contributed by atoms with Crippen LogP contribution in [0.5, 0.6) is 0 Å². The van der Waals surface area contributed by atoms with Crippen LogP contribution in [0.15, 0.2) is 211 Å². The van der Waals surface area contributed by atoms with E-state index in [1.54, 1.807) is 6.92 Å².